The van der Waals surface area contributed by atoms with Crippen LogP contribution in [0, 0.1) is 17.8 Å². The zero-order valence-corrected chi connectivity index (χ0v) is 23.1. The Kier molecular flexibility index (Phi) is 8.68. The van der Waals surface area contributed by atoms with Gasteiger partial charge in [-0.3, -0.25) is 4.79 Å². The zero-order chi connectivity index (χ0) is 25.8. The van der Waals surface area contributed by atoms with Crippen LogP contribution in [0.2, 0.25) is 5.02 Å². The van der Waals surface area contributed by atoms with Gasteiger partial charge >= 0.3 is 0 Å². The molecule has 37 heavy (non-hydrogen) atoms. The number of halogens is 1. The summed E-state index contributed by atoms with van der Waals surface area (Å²) in [6.45, 7) is 4.38. The van der Waals surface area contributed by atoms with Gasteiger partial charge in [0.1, 0.15) is 5.75 Å². The van der Waals surface area contributed by atoms with Crippen LogP contribution in [0.15, 0.2) is 52.9 Å². The molecule has 1 unspecified atom stereocenters. The quantitative estimate of drug-likeness (QED) is 0.352. The molecule has 1 saturated carbocycles. The van der Waals surface area contributed by atoms with Gasteiger partial charge in [0, 0.05) is 40.4 Å². The lowest BCUT2D eigenvalue weighted by molar-refractivity contribution is 0.100. The molecule has 1 amide bonds. The summed E-state index contributed by atoms with van der Waals surface area (Å²) in [5.74, 6) is 2.47. The minimum atomic E-state index is -1.30. The Morgan fingerprint density at radius 1 is 1.05 bits per heavy atom. The van der Waals surface area contributed by atoms with E-state index in [-0.39, 0.29) is 11.8 Å². The second kappa shape index (κ2) is 12.1. The van der Waals surface area contributed by atoms with Crippen LogP contribution in [0.4, 0.5) is 5.69 Å². The molecule has 198 valence electrons. The Morgan fingerprint density at radius 2 is 1.89 bits per heavy atom. The Bertz CT molecular complexity index is 1200. The molecule has 5 nitrogen and oxygen atoms in total. The highest BCUT2D eigenvalue weighted by atomic mass is 35.5. The van der Waals surface area contributed by atoms with Crippen molar-refractivity contribution in [3.63, 3.8) is 0 Å². The number of fused-ring (bicyclic) bond motifs is 3. The lowest BCUT2D eigenvalue weighted by Gasteiger charge is -2.41. The van der Waals surface area contributed by atoms with Gasteiger partial charge in [0.2, 0.25) is 0 Å². The van der Waals surface area contributed by atoms with Gasteiger partial charge in [-0.25, -0.2) is 0 Å². The van der Waals surface area contributed by atoms with E-state index in [2.05, 4.69) is 40.5 Å². The second-order valence-electron chi connectivity index (χ2n) is 10.8. The van der Waals surface area contributed by atoms with E-state index < -0.39 is 11.0 Å². The summed E-state index contributed by atoms with van der Waals surface area (Å²) in [6, 6.07) is 11.9. The zero-order valence-electron chi connectivity index (χ0n) is 21.6. The van der Waals surface area contributed by atoms with Gasteiger partial charge in [-0.15, -0.1) is 0 Å². The summed E-state index contributed by atoms with van der Waals surface area (Å²) >= 11 is 6.39. The number of ether oxygens (including phenoxy) is 1. The van der Waals surface area contributed by atoms with Crippen molar-refractivity contribution in [3.8, 4) is 5.75 Å². The Balaban J connectivity index is 1.57. The highest BCUT2D eigenvalue weighted by Gasteiger charge is 2.32. The number of hydrogen-bond acceptors (Lipinski definition) is 3. The number of rotatable bonds is 0. The van der Waals surface area contributed by atoms with E-state index >= 15 is 0 Å². The lowest BCUT2D eigenvalue weighted by Crippen LogP contribution is -2.38. The number of benzene rings is 2. The molecular weight excluding hydrogens is 504 g/mol. The minimum absolute atomic E-state index is 0.274. The van der Waals surface area contributed by atoms with Crippen molar-refractivity contribution in [2.24, 2.45) is 22.1 Å². The fraction of sp³-hybridized carbons (Fsp3) is 0.500. The van der Waals surface area contributed by atoms with Crippen molar-refractivity contribution in [2.45, 2.75) is 58.4 Å². The molecule has 2 aromatic rings. The normalized spacial score (nSPS) is 28.3. The average molecular weight is 541 g/mol. The first-order chi connectivity index (χ1) is 18.0. The molecule has 1 N–H and O–H groups in total. The SMILES string of the molecule is C[C@H]1C/C=C/C[C@@H]2CC[C@H]2CN2Cc3ccc(Cl)cc3CCCCOc3ccc(cc32)C(=O)/N=S(/O)C1. The molecule has 2 heterocycles. The van der Waals surface area contributed by atoms with E-state index in [1.54, 1.807) is 6.07 Å². The van der Waals surface area contributed by atoms with Gasteiger partial charge in [-0.2, -0.15) is 4.36 Å². The molecule has 2 aromatic carbocycles. The van der Waals surface area contributed by atoms with E-state index in [0.29, 0.717) is 29.8 Å². The molecular formula is C30H37ClN2O3S. The number of carbonyl (C=O) groups is 1. The van der Waals surface area contributed by atoms with Gasteiger partial charge < -0.3 is 14.2 Å². The molecule has 3 aliphatic rings. The predicted octanol–water partition coefficient (Wildman–Crippen LogP) is 7.49. The molecule has 5 rings (SSSR count). The summed E-state index contributed by atoms with van der Waals surface area (Å²) in [6.07, 6.45) is 12.0. The summed E-state index contributed by atoms with van der Waals surface area (Å²) < 4.78 is 21.0. The maximum absolute atomic E-state index is 13.1. The molecule has 0 saturated heterocycles. The fourth-order valence-corrected chi connectivity index (χ4v) is 6.85. The van der Waals surface area contributed by atoms with Gasteiger partial charge in [-0.05, 0) is 104 Å². The summed E-state index contributed by atoms with van der Waals surface area (Å²) in [4.78, 5) is 15.5. The van der Waals surface area contributed by atoms with Crippen molar-refractivity contribution in [1.82, 2.24) is 0 Å². The van der Waals surface area contributed by atoms with E-state index in [9.17, 15) is 9.35 Å². The van der Waals surface area contributed by atoms with Crippen LogP contribution < -0.4 is 9.64 Å². The molecule has 0 spiro atoms. The van der Waals surface area contributed by atoms with E-state index in [1.165, 1.54) is 24.0 Å². The molecule has 1 fully saturated rings. The van der Waals surface area contributed by atoms with Crippen LogP contribution in [0.25, 0.3) is 0 Å². The molecule has 4 atom stereocenters. The van der Waals surface area contributed by atoms with Crippen LogP contribution >= 0.6 is 11.6 Å². The van der Waals surface area contributed by atoms with Crippen LogP contribution in [0.3, 0.4) is 0 Å². The second-order valence-corrected chi connectivity index (χ2v) is 12.5. The van der Waals surface area contributed by atoms with E-state index in [1.807, 2.05) is 18.2 Å². The molecule has 2 aliphatic heterocycles. The number of nitrogens with zero attached hydrogens (tertiary/aromatic N) is 2. The number of anilines is 1. The standard InChI is InChI=1S/C30H37ClN2O3S/c1-21-6-2-3-7-22-9-10-25(22)18-33-19-26-11-13-27(31)16-23(26)8-4-5-15-36-29-14-12-24(17-28(29)33)30(34)32-37(35)20-21/h2-3,11-14,16-17,21-22,25H,4-10,15,18-20H2,1H3,(H,32,34,35)/b3-2+/t21-,22+,25-,37?/m0/s1. The maximum atomic E-state index is 13.1. The molecule has 2 bridgehead atoms. The van der Waals surface area contributed by atoms with Crippen LogP contribution in [-0.2, 0) is 23.9 Å². The third-order valence-electron chi connectivity index (χ3n) is 7.97. The summed E-state index contributed by atoms with van der Waals surface area (Å²) in [5.41, 5.74) is 3.99. The first kappa shape index (κ1) is 26.5. The number of amides is 1. The topological polar surface area (TPSA) is 62.1 Å². The van der Waals surface area contributed by atoms with Crippen LogP contribution in [0.5, 0.6) is 5.75 Å². The third-order valence-corrected chi connectivity index (χ3v) is 9.45. The fourth-order valence-electron chi connectivity index (χ4n) is 5.63. The number of aryl methyl sites for hydroxylation is 1. The highest BCUT2D eigenvalue weighted by Crippen LogP contribution is 2.41. The minimum Gasteiger partial charge on any atom is -0.491 e. The number of allylic oxidation sites excluding steroid dienone is 2. The van der Waals surface area contributed by atoms with E-state index in [4.69, 9.17) is 16.3 Å². The Labute approximate surface area is 228 Å². The van der Waals surface area contributed by atoms with Crippen molar-refractivity contribution >= 4 is 34.2 Å². The van der Waals surface area contributed by atoms with Gasteiger partial charge in [-0.1, -0.05) is 36.7 Å². The number of hydrogen-bond donors (Lipinski definition) is 1. The van der Waals surface area contributed by atoms with Crippen LogP contribution in [0.1, 0.15) is 66.9 Å². The van der Waals surface area contributed by atoms with E-state index in [0.717, 1.165) is 61.7 Å². The first-order valence-corrected chi connectivity index (χ1v) is 15.2. The van der Waals surface area contributed by atoms with Crippen molar-refractivity contribution in [1.29, 1.82) is 0 Å². The molecule has 1 aliphatic carbocycles. The monoisotopic (exact) mass is 540 g/mol. The number of carbonyl (C=O) groups excluding carboxylic acids is 1. The van der Waals surface area contributed by atoms with Crippen molar-refractivity contribution in [3.05, 3.63) is 70.3 Å². The molecule has 7 heteroatoms. The van der Waals surface area contributed by atoms with Gasteiger partial charge in [0.05, 0.1) is 12.3 Å². The smallest absolute Gasteiger partial charge is 0.284 e. The van der Waals surface area contributed by atoms with Crippen LogP contribution in [-0.4, -0.2) is 29.4 Å². The van der Waals surface area contributed by atoms with Gasteiger partial charge in [0.25, 0.3) is 5.91 Å². The maximum Gasteiger partial charge on any atom is 0.284 e. The predicted molar refractivity (Wildman–Crippen MR) is 153 cm³/mol. The van der Waals surface area contributed by atoms with Gasteiger partial charge in [0.15, 0.2) is 0 Å². The molecule has 0 radical (unpaired) electrons. The molecule has 0 aromatic heterocycles. The summed E-state index contributed by atoms with van der Waals surface area (Å²) in [5, 5.41) is 0.771. The summed E-state index contributed by atoms with van der Waals surface area (Å²) in [7, 11) is -1.30. The van der Waals surface area contributed by atoms with Crippen molar-refractivity contribution < 1.29 is 14.1 Å². The third kappa shape index (κ3) is 6.65. The van der Waals surface area contributed by atoms with Crippen molar-refractivity contribution in [2.75, 3.05) is 23.8 Å². The Hall–Kier alpha value is -2.15. The Morgan fingerprint density at radius 3 is 2.73 bits per heavy atom. The highest BCUT2D eigenvalue weighted by molar-refractivity contribution is 7.81. The first-order valence-electron chi connectivity index (χ1n) is 13.6. The largest absolute Gasteiger partial charge is 0.491 e. The lowest BCUT2D eigenvalue weighted by atomic mass is 9.71. The average Bonchev–Trinajstić information content (AvgIpc) is 2.88.